The van der Waals surface area contributed by atoms with Gasteiger partial charge in [0.15, 0.2) is 0 Å². The lowest BCUT2D eigenvalue weighted by Crippen LogP contribution is -2.28. The molecule has 1 heteroatoms. The summed E-state index contributed by atoms with van der Waals surface area (Å²) in [7, 11) is 0. The summed E-state index contributed by atoms with van der Waals surface area (Å²) in [6, 6.07) is 8.66. The third kappa shape index (κ3) is 1.26. The molecular formula is C14H17N. The van der Waals surface area contributed by atoms with Crippen LogP contribution in [0.15, 0.2) is 29.3 Å². The predicted molar refractivity (Wildman–Crippen MR) is 64.0 cm³/mol. The smallest absolute Gasteiger partial charge is 0.0670 e. The summed E-state index contributed by atoms with van der Waals surface area (Å²) < 4.78 is 0. The summed E-state index contributed by atoms with van der Waals surface area (Å²) in [6.45, 7) is 2.38. The molecule has 0 N–H and O–H groups in total. The van der Waals surface area contributed by atoms with E-state index >= 15 is 0 Å². The van der Waals surface area contributed by atoms with Crippen molar-refractivity contribution in [2.24, 2.45) is 4.99 Å². The number of rotatable bonds is 0. The van der Waals surface area contributed by atoms with E-state index in [1.807, 2.05) is 0 Å². The standard InChI is InChI=1S/C14H17N/c1-14-10-6-2-3-9-13(14)15-12-8-5-4-7-11(12)14/h4-5,7-8H,2-3,6,9-10H2,1H3. The SMILES string of the molecule is CC12CCCCCC1=Nc1ccccc12. The van der Waals surface area contributed by atoms with Gasteiger partial charge in [-0.25, -0.2) is 0 Å². The van der Waals surface area contributed by atoms with Gasteiger partial charge < -0.3 is 0 Å². The van der Waals surface area contributed by atoms with Gasteiger partial charge in [-0.15, -0.1) is 0 Å². The van der Waals surface area contributed by atoms with Gasteiger partial charge in [-0.2, -0.15) is 0 Å². The maximum Gasteiger partial charge on any atom is 0.0670 e. The van der Waals surface area contributed by atoms with Gasteiger partial charge in [-0.1, -0.05) is 38.0 Å². The number of fused-ring (bicyclic) bond motifs is 3. The van der Waals surface area contributed by atoms with Crippen molar-refractivity contribution in [1.82, 2.24) is 0 Å². The van der Waals surface area contributed by atoms with E-state index in [9.17, 15) is 0 Å². The Morgan fingerprint density at radius 1 is 1.13 bits per heavy atom. The van der Waals surface area contributed by atoms with Gasteiger partial charge in [0.05, 0.1) is 5.69 Å². The number of benzene rings is 1. The van der Waals surface area contributed by atoms with Crippen molar-refractivity contribution in [2.45, 2.75) is 44.4 Å². The van der Waals surface area contributed by atoms with Crippen molar-refractivity contribution in [3.05, 3.63) is 29.8 Å². The van der Waals surface area contributed by atoms with Gasteiger partial charge in [0.2, 0.25) is 0 Å². The van der Waals surface area contributed by atoms with Gasteiger partial charge in [-0.3, -0.25) is 4.99 Å². The highest BCUT2D eigenvalue weighted by Crippen LogP contribution is 2.45. The summed E-state index contributed by atoms with van der Waals surface area (Å²) in [5, 5.41) is 0. The summed E-state index contributed by atoms with van der Waals surface area (Å²) in [5.74, 6) is 0. The van der Waals surface area contributed by atoms with Gasteiger partial charge in [0.25, 0.3) is 0 Å². The first-order valence-electron chi connectivity index (χ1n) is 5.98. The molecule has 1 fully saturated rings. The summed E-state index contributed by atoms with van der Waals surface area (Å²) in [4.78, 5) is 4.82. The topological polar surface area (TPSA) is 12.4 Å². The third-order valence-corrected chi connectivity index (χ3v) is 3.98. The molecule has 1 atom stereocenters. The molecule has 0 spiro atoms. The Labute approximate surface area is 91.2 Å². The van der Waals surface area contributed by atoms with Crippen LogP contribution in [0.1, 0.15) is 44.6 Å². The Balaban J connectivity index is 2.13. The number of para-hydroxylation sites is 1. The van der Waals surface area contributed by atoms with E-state index in [1.165, 1.54) is 49.1 Å². The first kappa shape index (κ1) is 9.14. The molecule has 0 aromatic heterocycles. The predicted octanol–water partition coefficient (Wildman–Crippen LogP) is 3.99. The maximum atomic E-state index is 4.82. The van der Waals surface area contributed by atoms with Crippen molar-refractivity contribution >= 4 is 11.4 Å². The highest BCUT2D eigenvalue weighted by molar-refractivity contribution is 6.01. The fraction of sp³-hybridized carbons (Fsp3) is 0.500. The fourth-order valence-corrected chi connectivity index (χ4v) is 3.02. The van der Waals surface area contributed by atoms with E-state index < -0.39 is 0 Å². The molecule has 0 bridgehead atoms. The van der Waals surface area contributed by atoms with E-state index in [4.69, 9.17) is 4.99 Å². The van der Waals surface area contributed by atoms with Crippen molar-refractivity contribution in [2.75, 3.05) is 0 Å². The molecule has 1 aromatic carbocycles. The van der Waals surface area contributed by atoms with Crippen LogP contribution in [0.2, 0.25) is 0 Å². The van der Waals surface area contributed by atoms with Crippen molar-refractivity contribution in [3.8, 4) is 0 Å². The van der Waals surface area contributed by atoms with Crippen LogP contribution in [-0.4, -0.2) is 5.71 Å². The minimum atomic E-state index is 0.257. The minimum absolute atomic E-state index is 0.257. The second-order valence-corrected chi connectivity index (χ2v) is 4.97. The molecule has 1 aliphatic heterocycles. The second kappa shape index (κ2) is 3.19. The summed E-state index contributed by atoms with van der Waals surface area (Å²) in [5.41, 5.74) is 4.37. The van der Waals surface area contributed by atoms with Crippen LogP contribution >= 0.6 is 0 Å². The molecular weight excluding hydrogens is 182 g/mol. The van der Waals surface area contributed by atoms with E-state index in [1.54, 1.807) is 0 Å². The van der Waals surface area contributed by atoms with Crippen LogP contribution in [-0.2, 0) is 5.41 Å². The van der Waals surface area contributed by atoms with Crippen molar-refractivity contribution in [1.29, 1.82) is 0 Å². The van der Waals surface area contributed by atoms with Crippen LogP contribution in [0.3, 0.4) is 0 Å². The Bertz CT molecular complexity index is 419. The van der Waals surface area contributed by atoms with Crippen molar-refractivity contribution in [3.63, 3.8) is 0 Å². The number of nitrogens with zero attached hydrogens (tertiary/aromatic N) is 1. The minimum Gasteiger partial charge on any atom is -0.257 e. The largest absolute Gasteiger partial charge is 0.257 e. The highest BCUT2D eigenvalue weighted by atomic mass is 14.8. The van der Waals surface area contributed by atoms with Crippen LogP contribution < -0.4 is 0 Å². The van der Waals surface area contributed by atoms with Crippen LogP contribution in [0.25, 0.3) is 0 Å². The number of hydrogen-bond acceptors (Lipinski definition) is 1. The molecule has 0 radical (unpaired) electrons. The molecule has 1 heterocycles. The quantitative estimate of drug-likeness (QED) is 0.599. The molecule has 1 aliphatic carbocycles. The molecule has 15 heavy (non-hydrogen) atoms. The van der Waals surface area contributed by atoms with Gasteiger partial charge in [-0.05, 0) is 30.9 Å². The molecule has 1 saturated carbocycles. The second-order valence-electron chi connectivity index (χ2n) is 4.97. The molecule has 2 aliphatic rings. The summed E-state index contributed by atoms with van der Waals surface area (Å²) >= 11 is 0. The molecule has 1 aromatic rings. The number of hydrogen-bond donors (Lipinski definition) is 0. The Hall–Kier alpha value is -1.11. The normalized spacial score (nSPS) is 29.0. The molecule has 78 valence electrons. The zero-order valence-electron chi connectivity index (χ0n) is 9.29. The zero-order valence-corrected chi connectivity index (χ0v) is 9.29. The molecule has 0 saturated heterocycles. The van der Waals surface area contributed by atoms with Gasteiger partial charge in [0, 0.05) is 11.1 Å². The van der Waals surface area contributed by atoms with E-state index in [2.05, 4.69) is 31.2 Å². The van der Waals surface area contributed by atoms with Gasteiger partial charge >= 0.3 is 0 Å². The zero-order chi connectivity index (χ0) is 10.3. The molecule has 3 rings (SSSR count). The maximum absolute atomic E-state index is 4.82. The van der Waals surface area contributed by atoms with E-state index in [-0.39, 0.29) is 5.41 Å². The fourth-order valence-electron chi connectivity index (χ4n) is 3.02. The lowest BCUT2D eigenvalue weighted by molar-refractivity contribution is 0.558. The Morgan fingerprint density at radius 3 is 2.93 bits per heavy atom. The molecule has 0 amide bonds. The summed E-state index contributed by atoms with van der Waals surface area (Å²) in [6.07, 6.45) is 6.52. The average Bonchev–Trinajstić information content (AvgIpc) is 2.41. The number of aliphatic imine (C=N–C) groups is 1. The Kier molecular flexibility index (Phi) is 1.95. The van der Waals surface area contributed by atoms with E-state index in [0.717, 1.165) is 0 Å². The highest BCUT2D eigenvalue weighted by Gasteiger charge is 2.38. The van der Waals surface area contributed by atoms with E-state index in [0.29, 0.717) is 0 Å². The lowest BCUT2D eigenvalue weighted by atomic mass is 9.76. The molecule has 1 nitrogen and oxygen atoms in total. The Morgan fingerprint density at radius 2 is 2.00 bits per heavy atom. The first-order valence-corrected chi connectivity index (χ1v) is 5.98. The monoisotopic (exact) mass is 199 g/mol. The third-order valence-electron chi connectivity index (χ3n) is 3.98. The van der Waals surface area contributed by atoms with Crippen LogP contribution in [0.5, 0.6) is 0 Å². The average molecular weight is 199 g/mol. The van der Waals surface area contributed by atoms with Crippen LogP contribution in [0.4, 0.5) is 5.69 Å². The first-order chi connectivity index (χ1) is 7.31. The van der Waals surface area contributed by atoms with Gasteiger partial charge in [0.1, 0.15) is 0 Å². The van der Waals surface area contributed by atoms with Crippen molar-refractivity contribution < 1.29 is 0 Å². The molecule has 1 unspecified atom stereocenters. The lowest BCUT2D eigenvalue weighted by Gasteiger charge is -2.25. The van der Waals surface area contributed by atoms with Crippen LogP contribution in [0, 0.1) is 0 Å².